The molecule has 0 fully saturated rings. The lowest BCUT2D eigenvalue weighted by Gasteiger charge is -2.25. The predicted octanol–water partition coefficient (Wildman–Crippen LogP) is 3.16. The van der Waals surface area contributed by atoms with Crippen molar-refractivity contribution in [2.45, 2.75) is 38.8 Å². The van der Waals surface area contributed by atoms with Gasteiger partial charge >= 0.3 is 0 Å². The Hall–Kier alpha value is -1.30. The maximum Gasteiger partial charge on any atom is 0.108 e. The quantitative estimate of drug-likeness (QED) is 0.561. The summed E-state index contributed by atoms with van der Waals surface area (Å²) in [5.74, 6) is 2.54. The minimum absolute atomic E-state index is 0.0131. The Labute approximate surface area is 111 Å². The van der Waals surface area contributed by atoms with Gasteiger partial charge in [-0.3, -0.25) is 0 Å². The summed E-state index contributed by atoms with van der Waals surface area (Å²) in [6.07, 6.45) is 7.67. The first-order chi connectivity index (χ1) is 8.79. The van der Waals surface area contributed by atoms with Gasteiger partial charge in [0, 0.05) is 6.04 Å². The van der Waals surface area contributed by atoms with E-state index in [1.807, 2.05) is 18.2 Å². The third-order valence-electron chi connectivity index (χ3n) is 2.93. The first-order valence-corrected chi connectivity index (χ1v) is 6.63. The normalized spacial score (nSPS) is 13.8. The van der Waals surface area contributed by atoms with E-state index in [0.29, 0.717) is 6.61 Å². The van der Waals surface area contributed by atoms with E-state index in [-0.39, 0.29) is 12.1 Å². The van der Waals surface area contributed by atoms with Gasteiger partial charge in [0.15, 0.2) is 0 Å². The molecule has 0 saturated heterocycles. The zero-order valence-electron chi connectivity index (χ0n) is 11.4. The Balaban J connectivity index is 2.63. The summed E-state index contributed by atoms with van der Waals surface area (Å²) in [4.78, 5) is 0. The van der Waals surface area contributed by atoms with E-state index in [1.165, 1.54) is 18.4 Å². The highest BCUT2D eigenvalue weighted by molar-refractivity contribution is 5.19. The lowest BCUT2D eigenvalue weighted by atomic mass is 10.0. The highest BCUT2D eigenvalue weighted by Gasteiger charge is 2.18. The highest BCUT2D eigenvalue weighted by Crippen LogP contribution is 2.21. The van der Waals surface area contributed by atoms with E-state index in [1.54, 1.807) is 0 Å². The molecule has 0 aliphatic carbocycles. The third-order valence-corrected chi connectivity index (χ3v) is 2.93. The molecule has 2 atom stereocenters. The van der Waals surface area contributed by atoms with Crippen molar-refractivity contribution < 1.29 is 4.74 Å². The van der Waals surface area contributed by atoms with Crippen LogP contribution in [0.4, 0.5) is 0 Å². The number of hydrogen-bond donors (Lipinski definition) is 1. The lowest BCUT2D eigenvalue weighted by Crippen LogP contribution is -2.34. The fourth-order valence-corrected chi connectivity index (χ4v) is 1.92. The summed E-state index contributed by atoms with van der Waals surface area (Å²) < 4.78 is 5.77. The lowest BCUT2D eigenvalue weighted by molar-refractivity contribution is 0.0514. The van der Waals surface area contributed by atoms with E-state index in [0.717, 1.165) is 6.54 Å². The van der Waals surface area contributed by atoms with Gasteiger partial charge in [-0.2, -0.15) is 0 Å². The van der Waals surface area contributed by atoms with Crippen LogP contribution in [0.25, 0.3) is 0 Å². The number of unbranched alkanes of at least 4 members (excludes halogenated alkanes) is 1. The van der Waals surface area contributed by atoms with Gasteiger partial charge in [0.05, 0.1) is 6.10 Å². The van der Waals surface area contributed by atoms with E-state index in [9.17, 15) is 0 Å². The molecule has 1 rings (SSSR count). The van der Waals surface area contributed by atoms with Gasteiger partial charge in [-0.1, -0.05) is 49.6 Å². The zero-order valence-corrected chi connectivity index (χ0v) is 11.4. The molecule has 0 heterocycles. The molecule has 0 saturated carbocycles. The van der Waals surface area contributed by atoms with E-state index in [2.05, 4.69) is 37.2 Å². The van der Waals surface area contributed by atoms with Crippen molar-refractivity contribution >= 4 is 0 Å². The SMILES string of the molecule is C#CCO[C@H](c1ccccc1)[C@H](C)NCCCC. The molecule has 0 radical (unpaired) electrons. The highest BCUT2D eigenvalue weighted by atomic mass is 16.5. The van der Waals surface area contributed by atoms with Gasteiger partial charge < -0.3 is 10.1 Å². The van der Waals surface area contributed by atoms with Gasteiger partial charge in [-0.25, -0.2) is 0 Å². The van der Waals surface area contributed by atoms with Crippen LogP contribution in [0.5, 0.6) is 0 Å². The first kappa shape index (κ1) is 14.8. The minimum Gasteiger partial charge on any atom is -0.359 e. The number of ether oxygens (including phenoxy) is 1. The van der Waals surface area contributed by atoms with Gasteiger partial charge in [0.2, 0.25) is 0 Å². The second kappa shape index (κ2) is 8.74. The van der Waals surface area contributed by atoms with Crippen molar-refractivity contribution in [3.63, 3.8) is 0 Å². The van der Waals surface area contributed by atoms with Gasteiger partial charge in [0.25, 0.3) is 0 Å². The van der Waals surface area contributed by atoms with Crippen LogP contribution in [-0.4, -0.2) is 19.2 Å². The standard InChI is InChI=1S/C16H23NO/c1-4-6-12-17-14(3)16(18-13-5-2)15-10-8-7-9-11-15/h2,7-11,14,16-17H,4,6,12-13H2,1,3H3/t14-,16-/m0/s1. The number of benzene rings is 1. The van der Waals surface area contributed by atoms with Crippen molar-refractivity contribution in [3.05, 3.63) is 35.9 Å². The Morgan fingerprint density at radius 3 is 2.67 bits per heavy atom. The van der Waals surface area contributed by atoms with Crippen LogP contribution in [0.15, 0.2) is 30.3 Å². The Kier molecular flexibility index (Phi) is 7.17. The second-order valence-corrected chi connectivity index (χ2v) is 4.44. The molecule has 2 heteroatoms. The molecule has 18 heavy (non-hydrogen) atoms. The van der Waals surface area contributed by atoms with Crippen LogP contribution in [0.1, 0.15) is 38.4 Å². The van der Waals surface area contributed by atoms with Gasteiger partial charge in [-0.15, -0.1) is 6.42 Å². The first-order valence-electron chi connectivity index (χ1n) is 6.63. The molecule has 98 valence electrons. The number of rotatable bonds is 8. The average Bonchev–Trinajstić information content (AvgIpc) is 2.41. The van der Waals surface area contributed by atoms with Crippen molar-refractivity contribution in [2.24, 2.45) is 0 Å². The fourth-order valence-electron chi connectivity index (χ4n) is 1.92. The molecule has 0 bridgehead atoms. The maximum absolute atomic E-state index is 5.77. The Bertz CT molecular complexity index is 355. The molecule has 2 nitrogen and oxygen atoms in total. The molecule has 0 aliphatic heterocycles. The summed E-state index contributed by atoms with van der Waals surface area (Å²) in [7, 11) is 0. The van der Waals surface area contributed by atoms with Crippen LogP contribution in [-0.2, 0) is 4.74 Å². The molecular formula is C16H23NO. The van der Waals surface area contributed by atoms with Gasteiger partial charge in [0.1, 0.15) is 6.61 Å². The molecule has 0 aliphatic rings. The monoisotopic (exact) mass is 245 g/mol. The summed E-state index contributed by atoms with van der Waals surface area (Å²) >= 11 is 0. The van der Waals surface area contributed by atoms with Crippen LogP contribution < -0.4 is 5.32 Å². The summed E-state index contributed by atoms with van der Waals surface area (Å²) in [6.45, 7) is 5.69. The van der Waals surface area contributed by atoms with Crippen molar-refractivity contribution in [1.29, 1.82) is 0 Å². The third kappa shape index (κ3) is 4.91. The van der Waals surface area contributed by atoms with E-state index in [4.69, 9.17) is 11.2 Å². The molecule has 1 aromatic carbocycles. The Morgan fingerprint density at radius 2 is 2.06 bits per heavy atom. The molecule has 0 amide bonds. The second-order valence-electron chi connectivity index (χ2n) is 4.44. The Morgan fingerprint density at radius 1 is 1.33 bits per heavy atom. The predicted molar refractivity (Wildman–Crippen MR) is 76.3 cm³/mol. The fraction of sp³-hybridized carbons (Fsp3) is 0.500. The molecule has 0 aromatic heterocycles. The maximum atomic E-state index is 5.77. The van der Waals surface area contributed by atoms with E-state index < -0.39 is 0 Å². The van der Waals surface area contributed by atoms with Crippen LogP contribution >= 0.6 is 0 Å². The molecule has 0 unspecified atom stereocenters. The number of terminal acetylenes is 1. The molecule has 0 spiro atoms. The smallest absolute Gasteiger partial charge is 0.108 e. The van der Waals surface area contributed by atoms with Crippen LogP contribution in [0, 0.1) is 12.3 Å². The van der Waals surface area contributed by atoms with Gasteiger partial charge in [-0.05, 0) is 25.5 Å². The summed E-state index contributed by atoms with van der Waals surface area (Å²) in [5.41, 5.74) is 1.17. The largest absolute Gasteiger partial charge is 0.359 e. The number of nitrogens with one attached hydrogen (secondary N) is 1. The molecule has 1 aromatic rings. The van der Waals surface area contributed by atoms with Crippen LogP contribution in [0.2, 0.25) is 0 Å². The molecular weight excluding hydrogens is 222 g/mol. The minimum atomic E-state index is 0.0131. The topological polar surface area (TPSA) is 21.3 Å². The van der Waals surface area contributed by atoms with Crippen molar-refractivity contribution in [3.8, 4) is 12.3 Å². The number of hydrogen-bond acceptors (Lipinski definition) is 2. The van der Waals surface area contributed by atoms with Crippen molar-refractivity contribution in [2.75, 3.05) is 13.2 Å². The molecule has 1 N–H and O–H groups in total. The zero-order chi connectivity index (χ0) is 13.2. The van der Waals surface area contributed by atoms with E-state index >= 15 is 0 Å². The summed E-state index contributed by atoms with van der Waals surface area (Å²) in [6, 6.07) is 10.5. The van der Waals surface area contributed by atoms with Crippen molar-refractivity contribution in [1.82, 2.24) is 5.32 Å². The summed E-state index contributed by atoms with van der Waals surface area (Å²) in [5, 5.41) is 3.50. The average molecular weight is 245 g/mol. The van der Waals surface area contributed by atoms with Crippen LogP contribution in [0.3, 0.4) is 0 Å².